The maximum atomic E-state index is 11.9. The second kappa shape index (κ2) is 5.46. The summed E-state index contributed by atoms with van der Waals surface area (Å²) in [5.41, 5.74) is 1.04. The zero-order chi connectivity index (χ0) is 14.9. The van der Waals surface area contributed by atoms with Crippen molar-refractivity contribution in [1.82, 2.24) is 0 Å². The van der Waals surface area contributed by atoms with Crippen LogP contribution in [0.25, 0.3) is 0 Å². The molecule has 1 amide bonds. The van der Waals surface area contributed by atoms with Gasteiger partial charge in [0.15, 0.2) is 0 Å². The van der Waals surface area contributed by atoms with Crippen LogP contribution < -0.4 is 4.90 Å². The fourth-order valence-electron chi connectivity index (χ4n) is 1.96. The second-order valence-corrected chi connectivity index (χ2v) is 4.66. The summed E-state index contributed by atoms with van der Waals surface area (Å²) in [4.78, 5) is 36.4. The molecule has 20 heavy (non-hydrogen) atoms. The molecule has 0 saturated carbocycles. The number of esters is 1. The Hall–Kier alpha value is -2.14. The highest BCUT2D eigenvalue weighted by molar-refractivity contribution is 6.55. The zero-order valence-corrected chi connectivity index (χ0v) is 11.7. The normalized spacial score (nSPS) is 14.6. The van der Waals surface area contributed by atoms with Crippen LogP contribution >= 0.6 is 11.6 Å². The van der Waals surface area contributed by atoms with Crippen LogP contribution in [0.3, 0.4) is 0 Å². The lowest BCUT2D eigenvalue weighted by molar-refractivity contribution is -0.136. The van der Waals surface area contributed by atoms with Gasteiger partial charge in [-0.2, -0.15) is 0 Å². The van der Waals surface area contributed by atoms with Gasteiger partial charge < -0.3 is 9.64 Å². The van der Waals surface area contributed by atoms with Crippen molar-refractivity contribution in [2.24, 2.45) is 0 Å². The van der Waals surface area contributed by atoms with Gasteiger partial charge in [-0.25, -0.2) is 4.79 Å². The maximum absolute atomic E-state index is 11.9. The molecule has 0 bridgehead atoms. The van der Waals surface area contributed by atoms with Gasteiger partial charge in [0.25, 0.3) is 11.7 Å². The van der Waals surface area contributed by atoms with E-state index in [1.807, 2.05) is 0 Å². The van der Waals surface area contributed by atoms with E-state index in [0.717, 1.165) is 0 Å². The number of ketones is 1. The van der Waals surface area contributed by atoms with Crippen molar-refractivity contribution in [1.29, 1.82) is 0 Å². The molecule has 0 fully saturated rings. The van der Waals surface area contributed by atoms with Gasteiger partial charge in [0.05, 0.1) is 23.4 Å². The third-order valence-electron chi connectivity index (χ3n) is 3.04. The molecule has 104 valence electrons. The van der Waals surface area contributed by atoms with E-state index in [2.05, 4.69) is 4.74 Å². The molecule has 1 aromatic rings. The Bertz CT molecular complexity index is 636. The minimum atomic E-state index is -0.651. The first-order valence-corrected chi connectivity index (χ1v) is 6.25. The molecule has 0 aliphatic carbocycles. The van der Waals surface area contributed by atoms with Crippen molar-refractivity contribution in [2.45, 2.75) is 6.92 Å². The Morgan fingerprint density at radius 2 is 2.10 bits per heavy atom. The number of benzene rings is 1. The number of halogens is 1. The maximum Gasteiger partial charge on any atom is 0.333 e. The van der Waals surface area contributed by atoms with Crippen molar-refractivity contribution >= 4 is 34.9 Å². The highest BCUT2D eigenvalue weighted by atomic mass is 35.5. The van der Waals surface area contributed by atoms with Gasteiger partial charge in [-0.1, -0.05) is 23.7 Å². The summed E-state index contributed by atoms with van der Waals surface area (Å²) in [5.74, 6) is -1.76. The van der Waals surface area contributed by atoms with E-state index in [9.17, 15) is 14.4 Å². The first-order chi connectivity index (χ1) is 9.47. The fourth-order valence-corrected chi connectivity index (χ4v) is 2.21. The molecular formula is C14H12ClNO4. The highest BCUT2D eigenvalue weighted by Crippen LogP contribution is 2.33. The smallest absolute Gasteiger partial charge is 0.333 e. The van der Waals surface area contributed by atoms with Gasteiger partial charge in [0.2, 0.25) is 0 Å². The molecule has 1 aliphatic rings. The predicted molar refractivity (Wildman–Crippen MR) is 73.9 cm³/mol. The molecule has 0 aromatic heterocycles. The average molecular weight is 294 g/mol. The van der Waals surface area contributed by atoms with Gasteiger partial charge in [-0.05, 0) is 19.1 Å². The summed E-state index contributed by atoms with van der Waals surface area (Å²) in [6.07, 6.45) is 1.53. The third-order valence-corrected chi connectivity index (χ3v) is 3.35. The number of carbonyl (C=O) groups excluding carboxylic acids is 3. The van der Waals surface area contributed by atoms with Gasteiger partial charge in [0.1, 0.15) is 0 Å². The first-order valence-electron chi connectivity index (χ1n) is 5.87. The number of nitrogens with zero attached hydrogens (tertiary/aromatic N) is 1. The molecule has 2 rings (SSSR count). The van der Waals surface area contributed by atoms with Crippen molar-refractivity contribution in [3.8, 4) is 0 Å². The number of methoxy groups -OCH3 is 1. The van der Waals surface area contributed by atoms with Crippen LogP contribution in [0.5, 0.6) is 0 Å². The van der Waals surface area contributed by atoms with Crippen LogP contribution in [0, 0.1) is 0 Å². The monoisotopic (exact) mass is 293 g/mol. The standard InChI is InChI=1S/C14H12ClNO4/c1-8(14(19)20-2)6-7-16-10-5-3-4-9(15)11(10)12(17)13(16)18/h3-6H,7H2,1-2H3. The number of rotatable bonds is 3. The van der Waals surface area contributed by atoms with Crippen LogP contribution in [0.4, 0.5) is 5.69 Å². The quantitative estimate of drug-likeness (QED) is 0.486. The molecule has 0 radical (unpaired) electrons. The van der Waals surface area contributed by atoms with E-state index >= 15 is 0 Å². The van der Waals surface area contributed by atoms with Crippen molar-refractivity contribution in [2.75, 3.05) is 18.6 Å². The van der Waals surface area contributed by atoms with E-state index in [-0.39, 0.29) is 17.1 Å². The largest absolute Gasteiger partial charge is 0.466 e. The van der Waals surface area contributed by atoms with E-state index < -0.39 is 17.7 Å². The number of ether oxygens (including phenoxy) is 1. The summed E-state index contributed by atoms with van der Waals surface area (Å²) >= 11 is 5.94. The van der Waals surface area contributed by atoms with E-state index in [0.29, 0.717) is 11.3 Å². The van der Waals surface area contributed by atoms with E-state index in [1.54, 1.807) is 25.1 Å². The molecule has 0 unspecified atom stereocenters. The van der Waals surface area contributed by atoms with E-state index in [1.165, 1.54) is 18.1 Å². The molecule has 1 aromatic carbocycles. The minimum Gasteiger partial charge on any atom is -0.466 e. The highest BCUT2D eigenvalue weighted by Gasteiger charge is 2.36. The zero-order valence-electron chi connectivity index (χ0n) is 11.0. The lowest BCUT2D eigenvalue weighted by Crippen LogP contribution is -2.30. The number of anilines is 1. The summed E-state index contributed by atoms with van der Waals surface area (Å²) in [6, 6.07) is 4.87. The number of hydrogen-bond acceptors (Lipinski definition) is 4. The first kappa shape index (κ1) is 14.3. The number of carbonyl (C=O) groups is 3. The molecular weight excluding hydrogens is 282 g/mol. The Balaban J connectivity index is 2.32. The number of Topliss-reactive ketones (excluding diaryl/α,β-unsaturated/α-hetero) is 1. The van der Waals surface area contributed by atoms with Crippen molar-refractivity contribution < 1.29 is 19.1 Å². The molecule has 1 aliphatic heterocycles. The molecule has 0 saturated heterocycles. The lowest BCUT2D eigenvalue weighted by Gasteiger charge is -2.14. The number of amides is 1. The summed E-state index contributed by atoms with van der Waals surface area (Å²) < 4.78 is 4.57. The van der Waals surface area contributed by atoms with Crippen LogP contribution in [-0.4, -0.2) is 31.3 Å². The molecule has 5 nitrogen and oxygen atoms in total. The van der Waals surface area contributed by atoms with E-state index in [4.69, 9.17) is 11.6 Å². The summed E-state index contributed by atoms with van der Waals surface area (Å²) in [6.45, 7) is 1.69. The molecule has 0 N–H and O–H groups in total. The molecule has 1 heterocycles. The average Bonchev–Trinajstić information content (AvgIpc) is 2.69. The Labute approximate surface area is 120 Å². The Morgan fingerprint density at radius 1 is 1.40 bits per heavy atom. The van der Waals surface area contributed by atoms with Crippen molar-refractivity contribution in [3.05, 3.63) is 40.4 Å². The lowest BCUT2D eigenvalue weighted by atomic mass is 10.1. The summed E-state index contributed by atoms with van der Waals surface area (Å²) in [7, 11) is 1.28. The summed E-state index contributed by atoms with van der Waals surface area (Å²) in [5, 5.41) is 0.247. The number of hydrogen-bond donors (Lipinski definition) is 0. The van der Waals surface area contributed by atoms with Gasteiger partial charge in [0, 0.05) is 12.1 Å². The number of fused-ring (bicyclic) bond motifs is 1. The topological polar surface area (TPSA) is 63.7 Å². The van der Waals surface area contributed by atoms with Crippen LogP contribution in [0.2, 0.25) is 5.02 Å². The minimum absolute atomic E-state index is 0.110. The van der Waals surface area contributed by atoms with Gasteiger partial charge >= 0.3 is 5.97 Å². The molecule has 0 spiro atoms. The Kier molecular flexibility index (Phi) is 3.90. The van der Waals surface area contributed by atoms with Crippen molar-refractivity contribution in [3.63, 3.8) is 0 Å². The predicted octanol–water partition coefficient (Wildman–Crippen LogP) is 1.99. The SMILES string of the molecule is COC(=O)C(C)=CCN1C(=O)C(=O)c2c(Cl)cccc21. The van der Waals surface area contributed by atoms with Crippen LogP contribution in [-0.2, 0) is 14.3 Å². The fraction of sp³-hybridized carbons (Fsp3) is 0.214. The third kappa shape index (κ3) is 2.32. The molecule has 6 heteroatoms. The van der Waals surface area contributed by atoms with Gasteiger partial charge in [-0.3, -0.25) is 9.59 Å². The Morgan fingerprint density at radius 3 is 2.75 bits per heavy atom. The molecule has 0 atom stereocenters. The second-order valence-electron chi connectivity index (χ2n) is 4.26. The van der Waals surface area contributed by atoms with Crippen LogP contribution in [0.1, 0.15) is 17.3 Å². The van der Waals surface area contributed by atoms with Crippen LogP contribution in [0.15, 0.2) is 29.8 Å². The van der Waals surface area contributed by atoms with Gasteiger partial charge in [-0.15, -0.1) is 0 Å².